The predicted octanol–water partition coefficient (Wildman–Crippen LogP) is 3.89. The maximum Gasteiger partial charge on any atom is 0.231 e. The Morgan fingerprint density at radius 1 is 0.741 bits per heavy atom. The van der Waals surface area contributed by atoms with Gasteiger partial charge in [0.25, 0.3) is 0 Å². The Labute approximate surface area is 156 Å². The number of hydrogen-bond donors (Lipinski definition) is 0. The molecule has 3 aromatic carbocycles. The van der Waals surface area contributed by atoms with Gasteiger partial charge >= 0.3 is 0 Å². The topological polar surface area (TPSA) is 49.3 Å². The molecule has 0 atom stereocenters. The summed E-state index contributed by atoms with van der Waals surface area (Å²) >= 11 is 0. The second kappa shape index (κ2) is 5.64. The summed E-state index contributed by atoms with van der Waals surface area (Å²) in [6.07, 6.45) is 1.73. The highest BCUT2D eigenvalue weighted by Crippen LogP contribution is 2.38. The third-order valence-corrected chi connectivity index (χ3v) is 5.36. The Morgan fingerprint density at radius 3 is 2.26 bits per heavy atom. The van der Waals surface area contributed by atoms with E-state index in [2.05, 4.69) is 36.4 Å². The number of rotatable bonds is 2. The maximum absolute atomic E-state index is 5.56. The van der Waals surface area contributed by atoms with Gasteiger partial charge in [0.2, 0.25) is 13.6 Å². The monoisotopic (exact) mass is 359 g/mol. The van der Waals surface area contributed by atoms with Gasteiger partial charge in [-0.05, 0) is 52.6 Å². The summed E-state index contributed by atoms with van der Waals surface area (Å²) < 4.78 is 22.1. The Balaban J connectivity index is 1.36. The van der Waals surface area contributed by atoms with Crippen molar-refractivity contribution in [2.45, 2.75) is 12.8 Å². The van der Waals surface area contributed by atoms with Crippen LogP contribution in [-0.4, -0.2) is 25.8 Å². The Kier molecular flexibility index (Phi) is 3.12. The highest BCUT2D eigenvalue weighted by Gasteiger charge is 2.22. The predicted molar refractivity (Wildman–Crippen MR) is 101 cm³/mol. The first-order chi connectivity index (χ1) is 13.3. The SMILES string of the molecule is c1cc2cc3c(cc2cc1CC1=NCCc2cc4c(cc21)OCO4)OCO3. The van der Waals surface area contributed by atoms with Crippen molar-refractivity contribution in [2.24, 2.45) is 4.99 Å². The van der Waals surface area contributed by atoms with Gasteiger partial charge in [0.15, 0.2) is 23.0 Å². The van der Waals surface area contributed by atoms with E-state index in [1.54, 1.807) is 0 Å². The van der Waals surface area contributed by atoms with Crippen molar-refractivity contribution in [3.8, 4) is 23.0 Å². The molecule has 0 fully saturated rings. The van der Waals surface area contributed by atoms with Crippen LogP contribution in [0.25, 0.3) is 10.8 Å². The van der Waals surface area contributed by atoms with Gasteiger partial charge in [-0.2, -0.15) is 0 Å². The van der Waals surface area contributed by atoms with Crippen LogP contribution < -0.4 is 18.9 Å². The molecule has 3 aliphatic heterocycles. The summed E-state index contributed by atoms with van der Waals surface area (Å²) in [5, 5.41) is 2.30. The molecule has 5 heteroatoms. The minimum absolute atomic E-state index is 0.294. The summed E-state index contributed by atoms with van der Waals surface area (Å²) in [5.74, 6) is 3.29. The number of fused-ring (bicyclic) bond motifs is 4. The summed E-state index contributed by atoms with van der Waals surface area (Å²) in [5.41, 5.74) is 4.80. The smallest absolute Gasteiger partial charge is 0.231 e. The molecular weight excluding hydrogens is 342 g/mol. The van der Waals surface area contributed by atoms with E-state index in [9.17, 15) is 0 Å². The molecule has 5 nitrogen and oxygen atoms in total. The van der Waals surface area contributed by atoms with Gasteiger partial charge in [0, 0.05) is 24.2 Å². The van der Waals surface area contributed by atoms with Gasteiger partial charge in [-0.25, -0.2) is 0 Å². The van der Waals surface area contributed by atoms with E-state index in [1.165, 1.54) is 16.7 Å². The number of nitrogens with zero attached hydrogens (tertiary/aromatic N) is 1. The van der Waals surface area contributed by atoms with Crippen molar-refractivity contribution >= 4 is 16.5 Å². The molecule has 0 saturated carbocycles. The largest absolute Gasteiger partial charge is 0.454 e. The molecule has 0 unspecified atom stereocenters. The molecule has 0 saturated heterocycles. The zero-order chi connectivity index (χ0) is 17.8. The van der Waals surface area contributed by atoms with Gasteiger partial charge in [0.05, 0.1) is 0 Å². The molecule has 3 aromatic rings. The molecule has 6 rings (SSSR count). The lowest BCUT2D eigenvalue weighted by Crippen LogP contribution is -2.15. The molecule has 0 N–H and O–H groups in total. The second-order valence-electron chi connectivity index (χ2n) is 7.00. The van der Waals surface area contributed by atoms with Crippen LogP contribution in [0.15, 0.2) is 47.5 Å². The molecule has 0 aromatic heterocycles. The molecule has 134 valence electrons. The molecule has 0 radical (unpaired) electrons. The molecule has 0 amide bonds. The summed E-state index contributed by atoms with van der Waals surface area (Å²) in [6, 6.07) is 14.8. The van der Waals surface area contributed by atoms with Crippen LogP contribution in [-0.2, 0) is 12.8 Å². The number of ether oxygens (including phenoxy) is 4. The van der Waals surface area contributed by atoms with Gasteiger partial charge in [0.1, 0.15) is 0 Å². The first-order valence-corrected chi connectivity index (χ1v) is 9.12. The fourth-order valence-corrected chi connectivity index (χ4v) is 4.00. The minimum Gasteiger partial charge on any atom is -0.454 e. The first-order valence-electron chi connectivity index (χ1n) is 9.12. The molecule has 3 heterocycles. The summed E-state index contributed by atoms with van der Waals surface area (Å²) in [4.78, 5) is 4.81. The van der Waals surface area contributed by atoms with Gasteiger partial charge in [-0.3, -0.25) is 4.99 Å². The van der Waals surface area contributed by atoms with E-state index < -0.39 is 0 Å². The number of hydrogen-bond acceptors (Lipinski definition) is 5. The van der Waals surface area contributed by atoms with Crippen molar-refractivity contribution in [3.63, 3.8) is 0 Å². The van der Waals surface area contributed by atoms with Crippen LogP contribution in [0.3, 0.4) is 0 Å². The van der Waals surface area contributed by atoms with Gasteiger partial charge in [-0.15, -0.1) is 0 Å². The highest BCUT2D eigenvalue weighted by atomic mass is 16.7. The van der Waals surface area contributed by atoms with Crippen LogP contribution in [0.1, 0.15) is 16.7 Å². The van der Waals surface area contributed by atoms with Crippen LogP contribution >= 0.6 is 0 Å². The molecule has 27 heavy (non-hydrogen) atoms. The molecular formula is C22H17NO4. The van der Waals surface area contributed by atoms with E-state index in [1.807, 2.05) is 6.07 Å². The van der Waals surface area contributed by atoms with E-state index >= 15 is 0 Å². The zero-order valence-corrected chi connectivity index (χ0v) is 14.7. The Hall–Kier alpha value is -3.21. The average Bonchev–Trinajstić information content (AvgIpc) is 3.33. The average molecular weight is 359 g/mol. The van der Waals surface area contributed by atoms with E-state index in [-0.39, 0.29) is 0 Å². The fourth-order valence-electron chi connectivity index (χ4n) is 4.00. The standard InChI is InChI=1S/C22H17NO4/c1-2-14-7-19-21(26-11-24-19)9-16(14)5-13(1)6-18-17-10-22-20(25-12-27-22)8-15(17)3-4-23-18/h1-2,5,7-10H,3-4,6,11-12H2. The lowest BCUT2D eigenvalue weighted by Gasteiger charge is -2.18. The van der Waals surface area contributed by atoms with Crippen LogP contribution in [0.2, 0.25) is 0 Å². The van der Waals surface area contributed by atoms with Crippen molar-refractivity contribution < 1.29 is 18.9 Å². The second-order valence-corrected chi connectivity index (χ2v) is 7.00. The zero-order valence-electron chi connectivity index (χ0n) is 14.7. The normalized spacial score (nSPS) is 16.4. The lowest BCUT2D eigenvalue weighted by molar-refractivity contribution is 0.173. The van der Waals surface area contributed by atoms with Gasteiger partial charge < -0.3 is 18.9 Å². The molecule has 0 bridgehead atoms. The maximum atomic E-state index is 5.56. The van der Waals surface area contributed by atoms with Crippen molar-refractivity contribution in [1.29, 1.82) is 0 Å². The third kappa shape index (κ3) is 2.42. The van der Waals surface area contributed by atoms with Crippen LogP contribution in [0.5, 0.6) is 23.0 Å². The molecule has 0 spiro atoms. The number of aliphatic imine (C=N–C) groups is 1. The summed E-state index contributed by atoms with van der Waals surface area (Å²) in [6.45, 7) is 1.40. The summed E-state index contributed by atoms with van der Waals surface area (Å²) in [7, 11) is 0. The van der Waals surface area contributed by atoms with Crippen molar-refractivity contribution in [2.75, 3.05) is 20.1 Å². The van der Waals surface area contributed by atoms with Crippen molar-refractivity contribution in [3.05, 3.63) is 59.2 Å². The highest BCUT2D eigenvalue weighted by molar-refractivity contribution is 6.04. The first kappa shape index (κ1) is 14.9. The fraction of sp³-hybridized carbons (Fsp3) is 0.227. The minimum atomic E-state index is 0.294. The number of benzene rings is 3. The van der Waals surface area contributed by atoms with Crippen molar-refractivity contribution in [1.82, 2.24) is 0 Å². The third-order valence-electron chi connectivity index (χ3n) is 5.36. The van der Waals surface area contributed by atoms with Gasteiger partial charge in [-0.1, -0.05) is 18.2 Å². The molecule has 0 aliphatic carbocycles. The van der Waals surface area contributed by atoms with E-state index in [4.69, 9.17) is 23.9 Å². The molecule has 3 aliphatic rings. The quantitative estimate of drug-likeness (QED) is 0.697. The van der Waals surface area contributed by atoms with Crippen LogP contribution in [0, 0.1) is 0 Å². The lowest BCUT2D eigenvalue weighted by atomic mass is 9.92. The Bertz CT molecular complexity index is 1120. The Morgan fingerprint density at radius 2 is 1.44 bits per heavy atom. The van der Waals surface area contributed by atoms with E-state index in [0.29, 0.717) is 13.6 Å². The van der Waals surface area contributed by atoms with E-state index in [0.717, 1.165) is 58.9 Å². The van der Waals surface area contributed by atoms with Crippen LogP contribution in [0.4, 0.5) is 0 Å².